The van der Waals surface area contributed by atoms with Crippen LogP contribution in [0.5, 0.6) is 0 Å². The third kappa shape index (κ3) is 5.84. The monoisotopic (exact) mass is 193 g/mol. The predicted molar refractivity (Wildman–Crippen MR) is 55.1 cm³/mol. The first-order valence-corrected chi connectivity index (χ1v) is 5.44. The highest BCUT2D eigenvalue weighted by Gasteiger charge is 2.10. The van der Waals surface area contributed by atoms with Gasteiger partial charge in [0, 0.05) is 37.0 Å². The highest BCUT2D eigenvalue weighted by molar-refractivity contribution is 7.94. The first-order valence-electron chi connectivity index (χ1n) is 4.55. The second-order valence-electron chi connectivity index (χ2n) is 3.80. The van der Waals surface area contributed by atoms with Gasteiger partial charge in [-0.15, -0.1) is 0 Å². The van der Waals surface area contributed by atoms with Gasteiger partial charge in [0.05, 0.1) is 0 Å². The topological polar surface area (TPSA) is 3.24 Å². The Hall–Kier alpha value is 0.240. The van der Waals surface area contributed by atoms with E-state index >= 15 is 0 Å². The van der Waals surface area contributed by atoms with Gasteiger partial charge < -0.3 is 0 Å². The fourth-order valence-corrected chi connectivity index (χ4v) is 1.48. The Morgan fingerprint density at radius 2 is 1.83 bits per heavy atom. The highest BCUT2D eigenvalue weighted by atomic mass is 32.2. The van der Waals surface area contributed by atoms with Crippen molar-refractivity contribution < 1.29 is 3.89 Å². The van der Waals surface area contributed by atoms with Crippen LogP contribution in [0, 0.1) is 5.92 Å². The zero-order valence-electron chi connectivity index (χ0n) is 8.51. The molecule has 0 amide bonds. The molecule has 0 saturated carbocycles. The third-order valence-electron chi connectivity index (χ3n) is 1.79. The van der Waals surface area contributed by atoms with Crippen LogP contribution in [0.25, 0.3) is 0 Å². The summed E-state index contributed by atoms with van der Waals surface area (Å²) in [4.78, 5) is 2.32. The smallest absolute Gasteiger partial charge is 0.0456 e. The van der Waals surface area contributed by atoms with Crippen LogP contribution in [0.4, 0.5) is 3.89 Å². The molecule has 0 bridgehead atoms. The maximum Gasteiger partial charge on any atom is 0.0456 e. The fraction of sp³-hybridized carbons (Fsp3) is 1.00. The number of hydrogen-bond acceptors (Lipinski definition) is 2. The van der Waals surface area contributed by atoms with Crippen molar-refractivity contribution in [3.63, 3.8) is 0 Å². The Balaban J connectivity index is 3.70. The molecule has 3 heteroatoms. The minimum atomic E-state index is 0.433. The molecule has 0 atom stereocenters. The molecule has 0 aliphatic heterocycles. The Kier molecular flexibility index (Phi) is 6.86. The number of nitrogens with zero attached hydrogens (tertiary/aromatic N) is 1. The van der Waals surface area contributed by atoms with E-state index < -0.39 is 0 Å². The molecule has 0 spiro atoms. The second-order valence-corrected chi connectivity index (χ2v) is 4.42. The summed E-state index contributed by atoms with van der Waals surface area (Å²) in [6, 6.07) is 0.527. The Morgan fingerprint density at radius 1 is 1.25 bits per heavy atom. The normalized spacial score (nSPS) is 12.0. The van der Waals surface area contributed by atoms with Crippen molar-refractivity contribution in [1.82, 2.24) is 4.90 Å². The summed E-state index contributed by atoms with van der Waals surface area (Å²) in [5.41, 5.74) is 0. The largest absolute Gasteiger partial charge is 0.300 e. The molecule has 0 aromatic carbocycles. The van der Waals surface area contributed by atoms with Gasteiger partial charge in [-0.25, -0.2) is 0 Å². The van der Waals surface area contributed by atoms with Crippen molar-refractivity contribution in [2.45, 2.75) is 33.7 Å². The lowest BCUT2D eigenvalue weighted by Crippen LogP contribution is -2.35. The molecule has 0 saturated heterocycles. The molecule has 0 rings (SSSR count). The van der Waals surface area contributed by atoms with Crippen LogP contribution in [0.3, 0.4) is 0 Å². The minimum Gasteiger partial charge on any atom is -0.300 e. The summed E-state index contributed by atoms with van der Waals surface area (Å²) >= 11 is 0.433. The van der Waals surface area contributed by atoms with Gasteiger partial charge in [0.1, 0.15) is 0 Å². The minimum absolute atomic E-state index is 0.433. The van der Waals surface area contributed by atoms with Gasteiger partial charge in [-0.1, -0.05) is 13.8 Å². The fourth-order valence-electron chi connectivity index (χ4n) is 1.18. The summed E-state index contributed by atoms with van der Waals surface area (Å²) in [5, 5.41) is 0. The molecule has 0 aliphatic carbocycles. The standard InChI is InChI=1S/C9H20FNS/c1-8(2)7-11(9(3)4)5-6-12-10/h8-9H,5-7H2,1-4H3. The average Bonchev–Trinajstić information content (AvgIpc) is 1.96. The second kappa shape index (κ2) is 6.72. The predicted octanol–water partition coefficient (Wildman–Crippen LogP) is 2.97. The van der Waals surface area contributed by atoms with Crippen LogP contribution in [0.15, 0.2) is 0 Å². The number of halogens is 1. The van der Waals surface area contributed by atoms with E-state index in [0.29, 0.717) is 29.9 Å². The lowest BCUT2D eigenvalue weighted by molar-refractivity contribution is 0.210. The quantitative estimate of drug-likeness (QED) is 0.638. The van der Waals surface area contributed by atoms with E-state index in [-0.39, 0.29) is 0 Å². The van der Waals surface area contributed by atoms with Gasteiger partial charge in [0.2, 0.25) is 0 Å². The molecule has 0 radical (unpaired) electrons. The van der Waals surface area contributed by atoms with Gasteiger partial charge in [-0.3, -0.25) is 4.90 Å². The van der Waals surface area contributed by atoms with Crippen molar-refractivity contribution >= 4 is 12.1 Å². The molecule has 74 valence electrons. The van der Waals surface area contributed by atoms with Crippen LogP contribution in [-0.4, -0.2) is 29.8 Å². The lowest BCUT2D eigenvalue weighted by atomic mass is 10.2. The first-order chi connectivity index (χ1) is 5.57. The highest BCUT2D eigenvalue weighted by Crippen LogP contribution is 2.07. The molecule has 0 N–H and O–H groups in total. The summed E-state index contributed by atoms with van der Waals surface area (Å²) in [6.07, 6.45) is 0. The molecule has 0 fully saturated rings. The van der Waals surface area contributed by atoms with Gasteiger partial charge >= 0.3 is 0 Å². The van der Waals surface area contributed by atoms with E-state index in [1.165, 1.54) is 0 Å². The molecule has 0 aliphatic rings. The summed E-state index contributed by atoms with van der Waals surface area (Å²) in [6.45, 7) is 10.6. The Labute approximate surface area is 80.0 Å². The van der Waals surface area contributed by atoms with Crippen molar-refractivity contribution in [1.29, 1.82) is 0 Å². The van der Waals surface area contributed by atoms with E-state index in [4.69, 9.17) is 0 Å². The van der Waals surface area contributed by atoms with Crippen LogP contribution >= 0.6 is 12.1 Å². The van der Waals surface area contributed by atoms with Crippen molar-refractivity contribution in [3.05, 3.63) is 0 Å². The molecule has 0 aromatic heterocycles. The van der Waals surface area contributed by atoms with Gasteiger partial charge in [0.25, 0.3) is 0 Å². The summed E-state index contributed by atoms with van der Waals surface area (Å²) in [7, 11) is 0. The molecular formula is C9H20FNS. The third-order valence-corrected chi connectivity index (χ3v) is 2.12. The van der Waals surface area contributed by atoms with E-state index in [0.717, 1.165) is 13.1 Å². The SMILES string of the molecule is CC(C)CN(CCSF)C(C)C. The van der Waals surface area contributed by atoms with Crippen LogP contribution in [0.2, 0.25) is 0 Å². The summed E-state index contributed by atoms with van der Waals surface area (Å²) < 4.78 is 11.8. The zero-order valence-corrected chi connectivity index (χ0v) is 9.33. The number of rotatable bonds is 6. The van der Waals surface area contributed by atoms with Crippen LogP contribution in [-0.2, 0) is 0 Å². The van der Waals surface area contributed by atoms with Gasteiger partial charge in [-0.2, -0.15) is 3.89 Å². The van der Waals surface area contributed by atoms with E-state index in [9.17, 15) is 3.89 Å². The molecule has 1 nitrogen and oxygen atoms in total. The van der Waals surface area contributed by atoms with Crippen molar-refractivity contribution in [3.8, 4) is 0 Å². The summed E-state index contributed by atoms with van der Waals surface area (Å²) in [5.74, 6) is 1.25. The average molecular weight is 193 g/mol. The van der Waals surface area contributed by atoms with Crippen LogP contribution in [0.1, 0.15) is 27.7 Å². The molecule has 12 heavy (non-hydrogen) atoms. The Bertz CT molecular complexity index is 107. The maximum atomic E-state index is 11.8. The maximum absolute atomic E-state index is 11.8. The van der Waals surface area contributed by atoms with E-state index in [1.54, 1.807) is 0 Å². The van der Waals surface area contributed by atoms with E-state index in [1.807, 2.05) is 0 Å². The molecular weight excluding hydrogens is 173 g/mol. The lowest BCUT2D eigenvalue weighted by Gasteiger charge is -2.27. The zero-order chi connectivity index (χ0) is 9.56. The van der Waals surface area contributed by atoms with Crippen LogP contribution < -0.4 is 0 Å². The Morgan fingerprint density at radius 3 is 2.17 bits per heavy atom. The van der Waals surface area contributed by atoms with Crippen molar-refractivity contribution in [2.75, 3.05) is 18.8 Å². The first kappa shape index (κ1) is 12.2. The molecule has 0 unspecified atom stereocenters. The van der Waals surface area contributed by atoms with E-state index in [2.05, 4.69) is 32.6 Å². The van der Waals surface area contributed by atoms with Gasteiger partial charge in [0.15, 0.2) is 0 Å². The molecule has 0 heterocycles. The van der Waals surface area contributed by atoms with Gasteiger partial charge in [-0.05, 0) is 19.8 Å². The van der Waals surface area contributed by atoms with Crippen molar-refractivity contribution in [2.24, 2.45) is 5.92 Å². The number of hydrogen-bond donors (Lipinski definition) is 0. The molecule has 0 aromatic rings.